The summed E-state index contributed by atoms with van der Waals surface area (Å²) >= 11 is 0. The van der Waals surface area contributed by atoms with Crippen LogP contribution in [-0.4, -0.2) is 33.6 Å². The molecule has 1 aliphatic rings. The molecule has 2 heterocycles. The van der Waals surface area contributed by atoms with Gasteiger partial charge in [-0.2, -0.15) is 4.98 Å². The van der Waals surface area contributed by atoms with Crippen molar-refractivity contribution in [2.45, 2.75) is 45.7 Å². The summed E-state index contributed by atoms with van der Waals surface area (Å²) in [6.07, 6.45) is 0. The van der Waals surface area contributed by atoms with Crippen LogP contribution in [0.4, 0.5) is 4.79 Å². The van der Waals surface area contributed by atoms with E-state index in [1.807, 2.05) is 55.5 Å². The lowest BCUT2D eigenvalue weighted by Gasteiger charge is -2.22. The molecule has 4 rings (SSSR count). The largest absolute Gasteiger partial charge is 0.493 e. The Morgan fingerprint density at radius 3 is 2.53 bits per heavy atom. The molecule has 3 amide bonds. The average Bonchev–Trinajstić information content (AvgIpc) is 3.33. The number of urea groups is 1. The van der Waals surface area contributed by atoms with Crippen LogP contribution in [0.5, 0.6) is 5.75 Å². The number of aromatic nitrogens is 2. The van der Waals surface area contributed by atoms with Gasteiger partial charge in [-0.25, -0.2) is 4.79 Å². The zero-order chi connectivity index (χ0) is 22.9. The van der Waals surface area contributed by atoms with Crippen molar-refractivity contribution in [3.63, 3.8) is 0 Å². The van der Waals surface area contributed by atoms with Gasteiger partial charge in [0, 0.05) is 0 Å². The monoisotopic (exact) mass is 434 g/mol. The second-order valence-corrected chi connectivity index (χ2v) is 8.16. The molecular weight excluding hydrogens is 408 g/mol. The molecule has 1 atom stereocenters. The van der Waals surface area contributed by atoms with Crippen molar-refractivity contribution in [3.05, 3.63) is 65.5 Å². The Kier molecular flexibility index (Phi) is 5.69. The van der Waals surface area contributed by atoms with E-state index in [1.54, 1.807) is 6.92 Å². The average molecular weight is 434 g/mol. The third-order valence-electron chi connectivity index (χ3n) is 5.62. The van der Waals surface area contributed by atoms with Crippen LogP contribution in [0, 0.1) is 0 Å². The van der Waals surface area contributed by atoms with Crippen LogP contribution in [0.25, 0.3) is 11.4 Å². The molecule has 8 nitrogen and oxygen atoms in total. The zero-order valence-corrected chi connectivity index (χ0v) is 18.6. The van der Waals surface area contributed by atoms with Gasteiger partial charge in [0.25, 0.3) is 5.91 Å². The quantitative estimate of drug-likeness (QED) is 0.559. The Bertz CT molecular complexity index is 1140. The van der Waals surface area contributed by atoms with Crippen LogP contribution in [0.1, 0.15) is 50.6 Å². The molecule has 32 heavy (non-hydrogen) atoms. The smallest absolute Gasteiger partial charge is 0.325 e. The van der Waals surface area contributed by atoms with Crippen molar-refractivity contribution in [2.75, 3.05) is 6.61 Å². The van der Waals surface area contributed by atoms with Gasteiger partial charge >= 0.3 is 6.03 Å². The van der Waals surface area contributed by atoms with E-state index in [9.17, 15) is 9.59 Å². The van der Waals surface area contributed by atoms with E-state index in [2.05, 4.69) is 29.3 Å². The van der Waals surface area contributed by atoms with Gasteiger partial charge in [-0.1, -0.05) is 55.4 Å². The number of para-hydroxylation sites is 1. The Labute approximate surface area is 186 Å². The molecule has 166 valence electrons. The van der Waals surface area contributed by atoms with Crippen LogP contribution in [0.15, 0.2) is 53.1 Å². The van der Waals surface area contributed by atoms with Crippen LogP contribution < -0.4 is 10.1 Å². The number of nitrogens with one attached hydrogen (secondary N) is 1. The first-order valence-corrected chi connectivity index (χ1v) is 10.6. The molecule has 0 saturated carbocycles. The summed E-state index contributed by atoms with van der Waals surface area (Å²) in [6, 6.07) is 14.6. The lowest BCUT2D eigenvalue weighted by atomic mass is 9.90. The molecule has 1 aromatic heterocycles. The minimum Gasteiger partial charge on any atom is -0.493 e. The molecule has 3 aromatic rings. The molecule has 2 aromatic carbocycles. The lowest BCUT2D eigenvalue weighted by Crippen LogP contribution is -2.40. The Morgan fingerprint density at radius 2 is 1.84 bits per heavy atom. The van der Waals surface area contributed by atoms with E-state index in [4.69, 9.17) is 9.26 Å². The highest BCUT2D eigenvalue weighted by Gasteiger charge is 2.49. The van der Waals surface area contributed by atoms with Crippen LogP contribution in [-0.2, 0) is 16.9 Å². The number of carbonyl (C=O) groups excluding carboxylic acids is 2. The molecule has 0 bridgehead atoms. The molecule has 1 N–H and O–H groups in total. The van der Waals surface area contributed by atoms with Gasteiger partial charge < -0.3 is 14.6 Å². The molecular formula is C24H26N4O4. The molecule has 1 unspecified atom stereocenters. The van der Waals surface area contributed by atoms with Gasteiger partial charge in [0.1, 0.15) is 17.8 Å². The van der Waals surface area contributed by atoms with E-state index >= 15 is 0 Å². The van der Waals surface area contributed by atoms with Crippen molar-refractivity contribution >= 4 is 11.9 Å². The molecule has 0 spiro atoms. The lowest BCUT2D eigenvalue weighted by molar-refractivity contribution is -0.131. The van der Waals surface area contributed by atoms with Gasteiger partial charge in [-0.15, -0.1) is 0 Å². The SMILES string of the molecule is CCOc1ccccc1-c1noc(CN2C(=O)NC(C)(c3ccc(C(C)C)cc3)C2=O)n1. The first-order chi connectivity index (χ1) is 15.3. The number of imide groups is 1. The number of hydrogen-bond donors (Lipinski definition) is 1. The summed E-state index contributed by atoms with van der Waals surface area (Å²) in [7, 11) is 0. The number of ether oxygens (including phenoxy) is 1. The Balaban J connectivity index is 1.55. The second-order valence-electron chi connectivity index (χ2n) is 8.16. The predicted octanol–water partition coefficient (Wildman–Crippen LogP) is 4.23. The predicted molar refractivity (Wildman–Crippen MR) is 118 cm³/mol. The van der Waals surface area contributed by atoms with E-state index in [-0.39, 0.29) is 18.3 Å². The maximum absolute atomic E-state index is 13.2. The van der Waals surface area contributed by atoms with Crippen LogP contribution in [0.3, 0.4) is 0 Å². The third-order valence-corrected chi connectivity index (χ3v) is 5.62. The minimum atomic E-state index is -1.16. The van der Waals surface area contributed by atoms with Crippen molar-refractivity contribution in [1.82, 2.24) is 20.4 Å². The maximum atomic E-state index is 13.2. The summed E-state index contributed by atoms with van der Waals surface area (Å²) in [5, 5.41) is 6.81. The first kappa shape index (κ1) is 21.5. The minimum absolute atomic E-state index is 0.117. The summed E-state index contributed by atoms with van der Waals surface area (Å²) in [4.78, 5) is 31.3. The molecule has 0 aliphatic carbocycles. The maximum Gasteiger partial charge on any atom is 0.325 e. The normalized spacial score (nSPS) is 18.3. The standard InChI is InChI=1S/C24H26N4O4/c1-5-31-19-9-7-6-8-18(19)21-25-20(32-27-21)14-28-22(29)24(4,26-23(28)30)17-12-10-16(11-13-17)15(2)3/h6-13,15H,5,14H2,1-4H3,(H,26,30). The van der Waals surface area contributed by atoms with Crippen LogP contribution >= 0.6 is 0 Å². The van der Waals surface area contributed by atoms with E-state index in [1.165, 1.54) is 0 Å². The van der Waals surface area contributed by atoms with Crippen molar-refractivity contribution in [2.24, 2.45) is 0 Å². The molecule has 0 radical (unpaired) electrons. The number of rotatable bonds is 7. The third kappa shape index (κ3) is 3.84. The Hall–Kier alpha value is -3.68. The van der Waals surface area contributed by atoms with Crippen LogP contribution in [0.2, 0.25) is 0 Å². The summed E-state index contributed by atoms with van der Waals surface area (Å²) in [6.45, 7) is 8.19. The number of hydrogen-bond acceptors (Lipinski definition) is 6. The fourth-order valence-electron chi connectivity index (χ4n) is 3.73. The van der Waals surface area contributed by atoms with Crippen molar-refractivity contribution < 1.29 is 18.8 Å². The fourth-order valence-corrected chi connectivity index (χ4v) is 3.73. The second kappa shape index (κ2) is 8.45. The van der Waals surface area contributed by atoms with E-state index in [0.717, 1.165) is 16.0 Å². The topological polar surface area (TPSA) is 97.6 Å². The summed E-state index contributed by atoms with van der Waals surface area (Å²) in [5.74, 6) is 1.14. The number of carbonyl (C=O) groups is 2. The molecule has 1 fully saturated rings. The fraction of sp³-hybridized carbons (Fsp3) is 0.333. The van der Waals surface area contributed by atoms with Gasteiger partial charge in [-0.3, -0.25) is 9.69 Å². The van der Waals surface area contributed by atoms with Gasteiger partial charge in [-0.05, 0) is 43.0 Å². The highest BCUT2D eigenvalue weighted by molar-refractivity contribution is 6.07. The Morgan fingerprint density at radius 1 is 1.12 bits per heavy atom. The number of benzene rings is 2. The number of nitrogens with zero attached hydrogens (tertiary/aromatic N) is 3. The highest BCUT2D eigenvalue weighted by Crippen LogP contribution is 2.32. The zero-order valence-electron chi connectivity index (χ0n) is 18.6. The molecule has 1 saturated heterocycles. The van der Waals surface area contributed by atoms with E-state index in [0.29, 0.717) is 29.7 Å². The van der Waals surface area contributed by atoms with Gasteiger partial charge in [0.15, 0.2) is 0 Å². The summed E-state index contributed by atoms with van der Waals surface area (Å²) in [5.41, 5.74) is 1.41. The first-order valence-electron chi connectivity index (χ1n) is 10.6. The molecule has 1 aliphatic heterocycles. The molecule has 8 heteroatoms. The van der Waals surface area contributed by atoms with Crippen molar-refractivity contribution in [1.29, 1.82) is 0 Å². The highest BCUT2D eigenvalue weighted by atomic mass is 16.5. The van der Waals surface area contributed by atoms with Crippen molar-refractivity contribution in [3.8, 4) is 17.1 Å². The van der Waals surface area contributed by atoms with Gasteiger partial charge in [0.2, 0.25) is 11.7 Å². The number of amides is 3. The summed E-state index contributed by atoms with van der Waals surface area (Å²) < 4.78 is 11.0. The van der Waals surface area contributed by atoms with Gasteiger partial charge in [0.05, 0.1) is 12.2 Å². The van der Waals surface area contributed by atoms with E-state index < -0.39 is 11.6 Å².